The maximum atomic E-state index is 13.1. The number of carbonyl (C=O) groups is 1. The van der Waals surface area contributed by atoms with Crippen molar-refractivity contribution in [3.05, 3.63) is 83.4 Å². The van der Waals surface area contributed by atoms with Crippen LogP contribution < -0.4 is 21.4 Å². The first kappa shape index (κ1) is 33.1. The molecule has 4 heterocycles. The fourth-order valence-corrected chi connectivity index (χ4v) is 12.9. The standard InChI is InChI=1S/C34H45N4O6PSi/c1-6-27-30(31(41-4)33(42-27)37-21-19-29(36-34(37)40)35-32(39)23(2)3)44-45-38-20-13-18-26(38)28(43-45)22-46(5,24-14-9-7-10-15-24)25-16-11-8-12-17-25/h7-12,14-17,19,21,23,26-28,30-31,33H,6,13,18,20,22H2,1-5H3,(H,35,36,39,40)/t26-,27+,28+,30-,31?,33+,45+/m0/s1. The lowest BCUT2D eigenvalue weighted by molar-refractivity contribution is -0.118. The highest BCUT2D eigenvalue weighted by Crippen LogP contribution is 2.59. The molecule has 12 heteroatoms. The molecule has 3 saturated heterocycles. The average Bonchev–Trinajstić information content (AvgIpc) is 3.77. The van der Waals surface area contributed by atoms with Gasteiger partial charge in [-0.25, -0.2) is 9.46 Å². The maximum absolute atomic E-state index is 13.1. The van der Waals surface area contributed by atoms with Gasteiger partial charge in [-0.15, -0.1) is 0 Å². The van der Waals surface area contributed by atoms with Crippen LogP contribution in [-0.4, -0.2) is 72.3 Å². The Labute approximate surface area is 273 Å². The van der Waals surface area contributed by atoms with Crippen molar-refractivity contribution in [2.45, 2.75) is 89.3 Å². The Morgan fingerprint density at radius 2 is 1.74 bits per heavy atom. The Morgan fingerprint density at radius 1 is 1.07 bits per heavy atom. The average molecular weight is 665 g/mol. The zero-order chi connectivity index (χ0) is 32.4. The van der Waals surface area contributed by atoms with Crippen molar-refractivity contribution in [1.29, 1.82) is 0 Å². The summed E-state index contributed by atoms with van der Waals surface area (Å²) in [6.45, 7) is 9.00. The molecule has 0 spiro atoms. The molecule has 3 aromatic rings. The first-order valence-corrected chi connectivity index (χ1v) is 20.2. The summed E-state index contributed by atoms with van der Waals surface area (Å²) in [5.41, 5.74) is -0.530. The molecular formula is C34H45N4O6PSi. The molecular weight excluding hydrogens is 619 g/mol. The lowest BCUT2D eigenvalue weighted by Crippen LogP contribution is -2.58. The highest BCUT2D eigenvalue weighted by molar-refractivity contribution is 7.45. The number of fused-ring (bicyclic) bond motifs is 1. The SMILES string of the molecule is CC[C@H]1O[C@@H](n2ccc(NC(=O)C(C)C)nc2=O)C(OC)[C@H]1O[P@@]1O[C@H](C[Si](C)(c2ccccc2)c2ccccc2)[C@@H]2CCCN21. The summed E-state index contributed by atoms with van der Waals surface area (Å²) >= 11 is 0. The molecule has 0 radical (unpaired) electrons. The first-order valence-electron chi connectivity index (χ1n) is 16.3. The summed E-state index contributed by atoms with van der Waals surface area (Å²) in [4.78, 5) is 29.4. The zero-order valence-electron chi connectivity index (χ0n) is 27.2. The van der Waals surface area contributed by atoms with E-state index in [-0.39, 0.29) is 29.9 Å². The van der Waals surface area contributed by atoms with E-state index in [2.05, 4.69) is 82.2 Å². The third-order valence-electron chi connectivity index (χ3n) is 9.62. The molecule has 0 aliphatic carbocycles. The number of nitrogens with zero attached hydrogens (tertiary/aromatic N) is 3. The van der Waals surface area contributed by atoms with E-state index < -0.39 is 40.7 Å². The van der Waals surface area contributed by atoms with Gasteiger partial charge in [0.1, 0.15) is 26.1 Å². The number of ether oxygens (including phenoxy) is 2. The van der Waals surface area contributed by atoms with E-state index in [9.17, 15) is 9.59 Å². The number of amides is 1. The Morgan fingerprint density at radius 3 is 2.33 bits per heavy atom. The van der Waals surface area contributed by atoms with Gasteiger partial charge >= 0.3 is 5.69 Å². The molecule has 3 aliphatic heterocycles. The van der Waals surface area contributed by atoms with Crippen molar-refractivity contribution in [1.82, 2.24) is 14.2 Å². The predicted octanol–water partition coefficient (Wildman–Crippen LogP) is 4.53. The van der Waals surface area contributed by atoms with Crippen LogP contribution in [0.1, 0.15) is 46.3 Å². The van der Waals surface area contributed by atoms with Crippen LogP contribution in [0.3, 0.4) is 0 Å². The van der Waals surface area contributed by atoms with Gasteiger partial charge < -0.3 is 23.8 Å². The molecule has 1 N–H and O–H groups in total. The van der Waals surface area contributed by atoms with E-state index in [1.807, 2.05) is 6.92 Å². The van der Waals surface area contributed by atoms with Gasteiger partial charge in [-0.05, 0) is 31.4 Å². The summed E-state index contributed by atoms with van der Waals surface area (Å²) < 4.78 is 30.1. The number of methoxy groups -OCH3 is 1. The second kappa shape index (κ2) is 14.2. The molecule has 6 rings (SSSR count). The van der Waals surface area contributed by atoms with Gasteiger partial charge in [-0.1, -0.05) is 98.4 Å². The number of benzene rings is 2. The van der Waals surface area contributed by atoms with E-state index in [0.29, 0.717) is 12.5 Å². The number of hydrogen-bond acceptors (Lipinski definition) is 8. The first-order chi connectivity index (χ1) is 22.2. The molecule has 10 nitrogen and oxygen atoms in total. The van der Waals surface area contributed by atoms with Gasteiger partial charge in [0, 0.05) is 31.8 Å². The van der Waals surface area contributed by atoms with Crippen molar-refractivity contribution in [3.63, 3.8) is 0 Å². The lowest BCUT2D eigenvalue weighted by Gasteiger charge is -2.32. The van der Waals surface area contributed by atoms with Crippen molar-refractivity contribution >= 4 is 38.7 Å². The fourth-order valence-electron chi connectivity index (χ4n) is 6.97. The third kappa shape index (κ3) is 6.51. The quantitative estimate of drug-likeness (QED) is 0.236. The molecule has 3 aliphatic rings. The minimum absolute atomic E-state index is 0.0466. The smallest absolute Gasteiger partial charge is 0.351 e. The maximum Gasteiger partial charge on any atom is 0.351 e. The monoisotopic (exact) mass is 664 g/mol. The van der Waals surface area contributed by atoms with Crippen LogP contribution >= 0.6 is 8.53 Å². The Bertz CT molecular complexity index is 1510. The highest BCUT2D eigenvalue weighted by atomic mass is 31.2. The summed E-state index contributed by atoms with van der Waals surface area (Å²) in [6.07, 6.45) is 2.48. The Balaban J connectivity index is 1.22. The predicted molar refractivity (Wildman–Crippen MR) is 182 cm³/mol. The van der Waals surface area contributed by atoms with Gasteiger partial charge in [0.15, 0.2) is 6.23 Å². The minimum Gasteiger partial charge on any atom is -0.374 e. The zero-order valence-corrected chi connectivity index (χ0v) is 29.1. The van der Waals surface area contributed by atoms with Crippen LogP contribution in [0.2, 0.25) is 12.6 Å². The Kier molecular flexibility index (Phi) is 10.2. The van der Waals surface area contributed by atoms with E-state index in [1.165, 1.54) is 14.9 Å². The second-order valence-electron chi connectivity index (χ2n) is 12.9. The van der Waals surface area contributed by atoms with Gasteiger partial charge in [0.2, 0.25) is 5.91 Å². The molecule has 0 bridgehead atoms. The number of nitrogens with one attached hydrogen (secondary N) is 1. The van der Waals surface area contributed by atoms with Crippen LogP contribution in [-0.2, 0) is 23.3 Å². The van der Waals surface area contributed by atoms with Crippen molar-refractivity contribution in [2.24, 2.45) is 5.92 Å². The summed E-state index contributed by atoms with van der Waals surface area (Å²) in [5, 5.41) is 5.49. The normalized spacial score (nSPS) is 28.1. The Hall–Kier alpha value is -2.76. The van der Waals surface area contributed by atoms with E-state index in [4.69, 9.17) is 18.5 Å². The highest BCUT2D eigenvalue weighted by Gasteiger charge is 2.54. The number of anilines is 1. The van der Waals surface area contributed by atoms with Crippen LogP contribution in [0, 0.1) is 5.92 Å². The summed E-state index contributed by atoms with van der Waals surface area (Å²) in [7, 11) is -1.89. The minimum atomic E-state index is -2.14. The molecule has 3 fully saturated rings. The van der Waals surface area contributed by atoms with Gasteiger partial charge in [0.05, 0.1) is 12.2 Å². The van der Waals surface area contributed by atoms with E-state index in [0.717, 1.165) is 25.4 Å². The molecule has 1 amide bonds. The van der Waals surface area contributed by atoms with Crippen molar-refractivity contribution in [2.75, 3.05) is 19.0 Å². The van der Waals surface area contributed by atoms with E-state index >= 15 is 0 Å². The van der Waals surface area contributed by atoms with Crippen LogP contribution in [0.5, 0.6) is 0 Å². The largest absolute Gasteiger partial charge is 0.374 e. The van der Waals surface area contributed by atoms with E-state index in [1.54, 1.807) is 33.2 Å². The van der Waals surface area contributed by atoms with Crippen molar-refractivity contribution in [3.8, 4) is 0 Å². The molecule has 0 saturated carbocycles. The summed E-state index contributed by atoms with van der Waals surface area (Å²) in [5.74, 6) is -0.225. The molecule has 2 aromatic carbocycles. The number of rotatable bonds is 11. The second-order valence-corrected chi connectivity index (χ2v) is 18.6. The lowest BCUT2D eigenvalue weighted by atomic mass is 10.1. The van der Waals surface area contributed by atoms with Gasteiger partial charge in [-0.2, -0.15) is 4.98 Å². The molecule has 1 aromatic heterocycles. The molecule has 1 unspecified atom stereocenters. The summed E-state index contributed by atoms with van der Waals surface area (Å²) in [6, 6.07) is 24.7. The molecule has 46 heavy (non-hydrogen) atoms. The topological polar surface area (TPSA) is 104 Å². The number of hydrogen-bond donors (Lipinski definition) is 1. The number of carbonyl (C=O) groups excluding carboxylic acids is 1. The van der Waals surface area contributed by atoms with Crippen LogP contribution in [0.25, 0.3) is 0 Å². The van der Waals surface area contributed by atoms with Gasteiger partial charge in [0.25, 0.3) is 8.53 Å². The third-order valence-corrected chi connectivity index (χ3v) is 15.8. The number of aromatic nitrogens is 2. The molecule has 7 atom stereocenters. The van der Waals surface area contributed by atoms with Crippen LogP contribution in [0.4, 0.5) is 5.82 Å². The van der Waals surface area contributed by atoms with Crippen molar-refractivity contribution < 1.29 is 23.3 Å². The fraction of sp³-hybridized carbons (Fsp3) is 0.500. The van der Waals surface area contributed by atoms with Crippen LogP contribution in [0.15, 0.2) is 77.7 Å². The van der Waals surface area contributed by atoms with Gasteiger partial charge in [-0.3, -0.25) is 9.36 Å². The molecule has 246 valence electrons.